The third-order valence-corrected chi connectivity index (χ3v) is 8.94. The van der Waals surface area contributed by atoms with Crippen molar-refractivity contribution in [1.82, 2.24) is 0 Å². The summed E-state index contributed by atoms with van der Waals surface area (Å²) in [6.07, 6.45) is 0. The second-order valence-corrected chi connectivity index (χ2v) is 10.5. The van der Waals surface area contributed by atoms with Gasteiger partial charge in [0.25, 0.3) is 0 Å². The molecule has 29 heavy (non-hydrogen) atoms. The molecule has 0 bridgehead atoms. The summed E-state index contributed by atoms with van der Waals surface area (Å²) in [5.41, 5.74) is 3.28. The van der Waals surface area contributed by atoms with Gasteiger partial charge >= 0.3 is 178 Å². The molecule has 0 N–H and O–H groups in total. The fourth-order valence-corrected chi connectivity index (χ4v) is 7.88. The molecule has 0 radical (unpaired) electrons. The Morgan fingerprint density at radius 2 is 1.59 bits per heavy atom. The summed E-state index contributed by atoms with van der Waals surface area (Å²) in [4.78, 5) is 1.79. The molecule has 0 atom stereocenters. The molecule has 0 spiro atoms. The molecule has 7 heteroatoms. The van der Waals surface area contributed by atoms with E-state index >= 15 is 8.39 Å². The molecule has 0 saturated carbocycles. The van der Waals surface area contributed by atoms with E-state index in [1.165, 1.54) is 28.2 Å². The van der Waals surface area contributed by atoms with Gasteiger partial charge in [-0.2, -0.15) is 0 Å². The maximum absolute atomic E-state index is 15.4. The number of nitrogens with zero attached hydrogens (tertiary/aromatic N) is 2. The first-order chi connectivity index (χ1) is 14.0. The van der Waals surface area contributed by atoms with Crippen molar-refractivity contribution in [3.05, 3.63) is 95.0 Å². The third-order valence-electron chi connectivity index (χ3n) is 4.81. The van der Waals surface area contributed by atoms with Crippen LogP contribution in [0, 0.1) is 6.92 Å². The number of fused-ring (bicyclic) bond motifs is 3. The summed E-state index contributed by atoms with van der Waals surface area (Å²) in [7, 11) is -5.06. The van der Waals surface area contributed by atoms with Gasteiger partial charge in [0.1, 0.15) is 0 Å². The van der Waals surface area contributed by atoms with Crippen molar-refractivity contribution < 1.29 is 8.39 Å². The van der Waals surface area contributed by atoms with Gasteiger partial charge in [0.15, 0.2) is 0 Å². The number of halogens is 2. The van der Waals surface area contributed by atoms with Crippen molar-refractivity contribution in [1.29, 1.82) is 0 Å². The number of anilines is 1. The van der Waals surface area contributed by atoms with Crippen molar-refractivity contribution in [3.63, 3.8) is 0 Å². The van der Waals surface area contributed by atoms with Crippen molar-refractivity contribution in [2.45, 2.75) is 16.7 Å². The Balaban J connectivity index is 1.71. The zero-order valence-corrected chi connectivity index (χ0v) is 18.1. The second-order valence-electron chi connectivity index (χ2n) is 6.75. The molecule has 2 aliphatic rings. The molecular weight excluding hydrogens is 425 g/mol. The fourth-order valence-electron chi connectivity index (χ4n) is 3.44. The Labute approximate surface area is 177 Å². The average molecular weight is 442 g/mol. The zero-order chi connectivity index (χ0) is 20.0. The van der Waals surface area contributed by atoms with Crippen LogP contribution < -0.4 is 4.67 Å². The molecule has 0 unspecified atom stereocenters. The van der Waals surface area contributed by atoms with Crippen molar-refractivity contribution >= 4 is 48.0 Å². The number of para-hydroxylation sites is 1. The van der Waals surface area contributed by atoms with E-state index in [-0.39, 0.29) is 0 Å². The van der Waals surface area contributed by atoms with E-state index in [0.717, 1.165) is 26.5 Å². The number of hydrogen-bond acceptors (Lipinski definition) is 4. The standard InChI is InChI=1S/C22H17F2N2PS2/c1-15-9-5-7-13-18(15)28-21-20(16-10-3-2-4-11-16)22-26(27(23,24)25-21)17-12-6-8-14-19(17)29-22/h2-14,27H,1H3. The monoisotopic (exact) mass is 442 g/mol. The predicted molar refractivity (Wildman–Crippen MR) is 123 cm³/mol. The summed E-state index contributed by atoms with van der Waals surface area (Å²) in [6.45, 7) is 1.99. The molecule has 0 aliphatic carbocycles. The molecule has 2 heterocycles. The second kappa shape index (κ2) is 7.28. The molecule has 2 aliphatic heterocycles. The Bertz CT molecular complexity index is 1160. The van der Waals surface area contributed by atoms with Crippen LogP contribution in [-0.4, -0.2) is 5.04 Å². The van der Waals surface area contributed by atoms with Gasteiger partial charge < -0.3 is 0 Å². The van der Waals surface area contributed by atoms with E-state index < -0.39 is 8.19 Å². The van der Waals surface area contributed by atoms with Crippen LogP contribution in [0.3, 0.4) is 0 Å². The first-order valence-electron chi connectivity index (χ1n) is 9.13. The molecule has 5 rings (SSSR count). The van der Waals surface area contributed by atoms with Gasteiger partial charge in [-0.25, -0.2) is 0 Å². The van der Waals surface area contributed by atoms with Crippen LogP contribution in [-0.2, 0) is 0 Å². The molecular formula is C22H17F2N2PS2. The van der Waals surface area contributed by atoms with E-state index in [1.807, 2.05) is 73.7 Å². The number of aryl methyl sites for hydroxylation is 1. The van der Waals surface area contributed by atoms with Crippen molar-refractivity contribution in [2.75, 3.05) is 4.67 Å². The Hall–Kier alpha value is -2.14. The van der Waals surface area contributed by atoms with Gasteiger partial charge in [-0.15, -0.1) is 0 Å². The maximum atomic E-state index is 15.4. The van der Waals surface area contributed by atoms with Crippen molar-refractivity contribution in [3.8, 4) is 0 Å². The summed E-state index contributed by atoms with van der Waals surface area (Å²) >= 11 is 2.74. The number of thioether (sulfide) groups is 2. The number of benzene rings is 3. The number of rotatable bonds is 2. The average Bonchev–Trinajstić information content (AvgIpc) is 3.10. The van der Waals surface area contributed by atoms with Gasteiger partial charge in [-0.1, -0.05) is 0 Å². The minimum absolute atomic E-state index is 0.397. The van der Waals surface area contributed by atoms with Crippen LogP contribution in [0.5, 0.6) is 0 Å². The van der Waals surface area contributed by atoms with Crippen LogP contribution in [0.15, 0.2) is 98.4 Å². The van der Waals surface area contributed by atoms with Gasteiger partial charge in [0.2, 0.25) is 0 Å². The Morgan fingerprint density at radius 3 is 2.38 bits per heavy atom. The van der Waals surface area contributed by atoms with E-state index in [4.69, 9.17) is 0 Å². The normalized spacial score (nSPS) is 18.2. The van der Waals surface area contributed by atoms with E-state index in [2.05, 4.69) is 4.76 Å². The van der Waals surface area contributed by atoms with Crippen LogP contribution in [0.1, 0.15) is 11.1 Å². The zero-order valence-electron chi connectivity index (χ0n) is 15.5. The molecule has 0 amide bonds. The van der Waals surface area contributed by atoms with Gasteiger partial charge in [0, 0.05) is 0 Å². The van der Waals surface area contributed by atoms with Crippen molar-refractivity contribution in [2.24, 2.45) is 4.76 Å². The molecule has 0 fully saturated rings. The molecule has 0 aromatic heterocycles. The minimum atomic E-state index is -5.06. The van der Waals surface area contributed by atoms with Gasteiger partial charge in [0.05, 0.1) is 0 Å². The molecule has 2 nitrogen and oxygen atoms in total. The first-order valence-corrected chi connectivity index (χ1v) is 12.4. The quantitative estimate of drug-likeness (QED) is 0.376. The summed E-state index contributed by atoms with van der Waals surface area (Å²) < 4.78 is 36.1. The van der Waals surface area contributed by atoms with E-state index in [1.54, 1.807) is 12.1 Å². The summed E-state index contributed by atoms with van der Waals surface area (Å²) in [5.74, 6) is 0. The SMILES string of the molecule is Cc1ccccc1SC1=N[PH](F)(F)N2C(=C1c1ccccc1)Sc1ccccc12. The Morgan fingerprint density at radius 1 is 0.897 bits per heavy atom. The topological polar surface area (TPSA) is 15.6 Å². The molecule has 3 aromatic rings. The first kappa shape index (κ1) is 18.9. The molecule has 0 saturated heterocycles. The Kier molecular flexibility index (Phi) is 4.73. The molecule has 3 aromatic carbocycles. The fraction of sp³-hybridized carbons (Fsp3) is 0.0455. The van der Waals surface area contributed by atoms with Gasteiger partial charge in [-0.3, -0.25) is 0 Å². The van der Waals surface area contributed by atoms with E-state index in [0.29, 0.717) is 15.8 Å². The van der Waals surface area contributed by atoms with Crippen LogP contribution in [0.25, 0.3) is 5.57 Å². The van der Waals surface area contributed by atoms with Gasteiger partial charge in [-0.05, 0) is 0 Å². The van der Waals surface area contributed by atoms with Crippen LogP contribution in [0.2, 0.25) is 0 Å². The summed E-state index contributed by atoms with van der Waals surface area (Å²) in [6, 6.07) is 24.9. The third kappa shape index (κ3) is 3.29. The molecule has 146 valence electrons. The van der Waals surface area contributed by atoms with Crippen LogP contribution in [0.4, 0.5) is 14.1 Å². The number of hydrogen-bond donors (Lipinski definition) is 0. The van der Waals surface area contributed by atoms with Crippen LogP contribution >= 0.6 is 31.7 Å². The van der Waals surface area contributed by atoms with E-state index in [9.17, 15) is 0 Å². The predicted octanol–water partition coefficient (Wildman–Crippen LogP) is 7.83. The summed E-state index contributed by atoms with van der Waals surface area (Å²) in [5, 5.41) is 0.980.